The molecule has 3 aromatic heterocycles. The molecule has 0 aliphatic carbocycles. The van der Waals surface area contributed by atoms with Crippen molar-refractivity contribution < 1.29 is 13.2 Å². The molecule has 1 aliphatic rings. The number of nitrogens with one attached hydrogen (secondary N) is 1. The number of likely N-dealkylation sites (tertiary alicyclic amines) is 1. The van der Waals surface area contributed by atoms with Gasteiger partial charge in [-0.05, 0) is 74.8 Å². The molecule has 40 heavy (non-hydrogen) atoms. The molecule has 0 atom stereocenters. The van der Waals surface area contributed by atoms with Gasteiger partial charge in [0.15, 0.2) is 5.65 Å². The fourth-order valence-corrected chi connectivity index (χ4v) is 6.00. The van der Waals surface area contributed by atoms with Gasteiger partial charge >= 0.3 is 0 Å². The van der Waals surface area contributed by atoms with Crippen molar-refractivity contribution in [2.45, 2.75) is 25.5 Å². The molecule has 4 heterocycles. The number of anilines is 2. The van der Waals surface area contributed by atoms with Crippen LogP contribution in [0.25, 0.3) is 16.9 Å². The largest absolute Gasteiger partial charge is 0.492 e. The number of rotatable bonds is 10. The Morgan fingerprint density at radius 3 is 2.52 bits per heavy atom. The van der Waals surface area contributed by atoms with E-state index in [1.807, 2.05) is 73.7 Å². The Balaban J connectivity index is 1.15. The van der Waals surface area contributed by atoms with Gasteiger partial charge in [-0.25, -0.2) is 12.9 Å². The zero-order valence-electron chi connectivity index (χ0n) is 22.3. The molecule has 0 unspecified atom stereocenters. The summed E-state index contributed by atoms with van der Waals surface area (Å²) in [6.07, 6.45) is 5.59. The van der Waals surface area contributed by atoms with Crippen LogP contribution in [0.5, 0.6) is 5.75 Å². The molecule has 1 fully saturated rings. The lowest BCUT2D eigenvalue weighted by molar-refractivity contribution is 0.238. The number of hydrogen-bond donors (Lipinski definition) is 1. The van der Waals surface area contributed by atoms with E-state index < -0.39 is 10.0 Å². The highest BCUT2D eigenvalue weighted by Gasteiger charge is 2.18. The third kappa shape index (κ3) is 5.85. The summed E-state index contributed by atoms with van der Waals surface area (Å²) in [5.41, 5.74) is 4.53. The second-order valence-corrected chi connectivity index (χ2v) is 11.8. The van der Waals surface area contributed by atoms with E-state index in [4.69, 9.17) is 4.74 Å². The second kappa shape index (κ2) is 11.1. The summed E-state index contributed by atoms with van der Waals surface area (Å²) in [4.78, 5) is 7.01. The van der Waals surface area contributed by atoms with Crippen molar-refractivity contribution >= 4 is 27.3 Å². The van der Waals surface area contributed by atoms with Gasteiger partial charge in [-0.3, -0.25) is 4.90 Å². The molecule has 0 saturated carbocycles. The smallest absolute Gasteiger partial charge is 0.257 e. The highest BCUT2D eigenvalue weighted by molar-refractivity contribution is 7.89. The minimum atomic E-state index is -3.68. The third-order valence-corrected chi connectivity index (χ3v) is 8.42. The summed E-state index contributed by atoms with van der Waals surface area (Å²) in [6.45, 7) is 5.91. The van der Waals surface area contributed by atoms with Gasteiger partial charge in [0.2, 0.25) is 5.95 Å². The maximum absolute atomic E-state index is 13.0. The van der Waals surface area contributed by atoms with Gasteiger partial charge in [0.05, 0.1) is 23.8 Å². The van der Waals surface area contributed by atoms with Gasteiger partial charge in [0.25, 0.3) is 10.0 Å². The van der Waals surface area contributed by atoms with Crippen molar-refractivity contribution in [3.63, 3.8) is 0 Å². The Morgan fingerprint density at radius 1 is 0.975 bits per heavy atom. The minimum Gasteiger partial charge on any atom is -0.492 e. The van der Waals surface area contributed by atoms with Crippen LogP contribution in [-0.2, 0) is 15.8 Å². The van der Waals surface area contributed by atoms with E-state index in [1.54, 1.807) is 4.52 Å². The fraction of sp³-hybridized carbons (Fsp3) is 0.276. The van der Waals surface area contributed by atoms with Crippen LogP contribution >= 0.6 is 0 Å². The van der Waals surface area contributed by atoms with Crippen LogP contribution in [0.15, 0.2) is 79.1 Å². The monoisotopic (exact) mass is 557 g/mol. The van der Waals surface area contributed by atoms with E-state index in [0.717, 1.165) is 40.7 Å². The molecule has 0 radical (unpaired) electrons. The molecule has 1 N–H and O–H groups in total. The highest BCUT2D eigenvalue weighted by Crippen LogP contribution is 2.24. The van der Waals surface area contributed by atoms with Crippen molar-refractivity contribution in [3.05, 3.63) is 90.3 Å². The second-order valence-electron chi connectivity index (χ2n) is 10.0. The lowest BCUT2D eigenvalue weighted by Gasteiger charge is -2.15. The van der Waals surface area contributed by atoms with E-state index >= 15 is 0 Å². The first-order valence-electron chi connectivity index (χ1n) is 13.3. The highest BCUT2D eigenvalue weighted by atomic mass is 32.2. The number of hydrogen-bond acceptors (Lipinski definition) is 8. The lowest BCUT2D eigenvalue weighted by atomic mass is 10.2. The maximum atomic E-state index is 13.0. The number of benzene rings is 2. The van der Waals surface area contributed by atoms with Crippen molar-refractivity contribution in [1.29, 1.82) is 0 Å². The summed E-state index contributed by atoms with van der Waals surface area (Å²) in [7, 11) is -3.68. The van der Waals surface area contributed by atoms with Crippen LogP contribution < -0.4 is 10.1 Å². The van der Waals surface area contributed by atoms with Gasteiger partial charge < -0.3 is 10.1 Å². The molecular weight excluding hydrogens is 526 g/mol. The number of aromatic nitrogens is 5. The molecule has 5 aromatic rings. The molecule has 1 saturated heterocycles. The summed E-state index contributed by atoms with van der Waals surface area (Å²) in [5.74, 6) is 1.11. The van der Waals surface area contributed by atoms with Gasteiger partial charge in [0.1, 0.15) is 12.4 Å². The van der Waals surface area contributed by atoms with Crippen molar-refractivity contribution in [2.24, 2.45) is 0 Å². The average molecular weight is 558 g/mol. The topological polar surface area (TPSA) is 107 Å². The Hall–Kier alpha value is -4.22. The molecular formula is C29H31N7O3S. The van der Waals surface area contributed by atoms with Crippen LogP contribution in [0.4, 0.5) is 11.6 Å². The number of pyridine rings is 1. The third-order valence-electron chi connectivity index (χ3n) is 6.96. The Bertz CT molecular complexity index is 1700. The number of ether oxygens (including phenoxy) is 1. The fourth-order valence-electron chi connectivity index (χ4n) is 4.79. The molecule has 0 bridgehead atoms. The molecule has 2 aromatic carbocycles. The predicted octanol–water partition coefficient (Wildman–Crippen LogP) is 4.50. The normalized spacial score (nSPS) is 14.1. The predicted molar refractivity (Wildman–Crippen MR) is 154 cm³/mol. The van der Waals surface area contributed by atoms with E-state index in [0.29, 0.717) is 35.0 Å². The van der Waals surface area contributed by atoms with Crippen LogP contribution in [0.3, 0.4) is 0 Å². The SMILES string of the molecule is Cc1ccc(CS(=O)(=O)n2cc(-c3cccc4nc(Nc5ccc(OCCN6CCCC6)cc5)nn34)cn2)cc1. The minimum absolute atomic E-state index is 0.141. The average Bonchev–Trinajstić information content (AvgIpc) is 3.72. The van der Waals surface area contributed by atoms with Crippen LogP contribution in [0.1, 0.15) is 24.0 Å². The molecule has 0 amide bonds. The van der Waals surface area contributed by atoms with Gasteiger partial charge in [0, 0.05) is 17.8 Å². The standard InChI is InChI=1S/C29H31N7O3S/c1-22-7-9-23(10-8-22)21-40(37,38)35-20-24(19-30-35)27-5-4-6-28-32-29(33-36(27)28)31-25-11-13-26(14-12-25)39-18-17-34-15-2-3-16-34/h4-14,19-20H,2-3,15-18,21H2,1H3,(H,31,33). The first kappa shape index (κ1) is 26.0. The summed E-state index contributed by atoms with van der Waals surface area (Å²) < 4.78 is 34.6. The van der Waals surface area contributed by atoms with Crippen molar-refractivity contribution in [3.8, 4) is 17.0 Å². The van der Waals surface area contributed by atoms with E-state index in [-0.39, 0.29) is 5.75 Å². The maximum Gasteiger partial charge on any atom is 0.257 e. The number of aryl methyl sites for hydroxylation is 1. The summed E-state index contributed by atoms with van der Waals surface area (Å²) in [5, 5.41) is 12.0. The Kier molecular flexibility index (Phi) is 7.23. The van der Waals surface area contributed by atoms with Crippen LogP contribution in [0, 0.1) is 6.92 Å². The summed E-state index contributed by atoms with van der Waals surface area (Å²) in [6, 6.07) is 20.7. The first-order valence-corrected chi connectivity index (χ1v) is 15.0. The van der Waals surface area contributed by atoms with Crippen LogP contribution in [0.2, 0.25) is 0 Å². The van der Waals surface area contributed by atoms with Crippen molar-refractivity contribution in [2.75, 3.05) is 31.6 Å². The molecule has 11 heteroatoms. The van der Waals surface area contributed by atoms with E-state index in [1.165, 1.54) is 25.2 Å². The zero-order valence-corrected chi connectivity index (χ0v) is 23.1. The summed E-state index contributed by atoms with van der Waals surface area (Å²) >= 11 is 0. The number of fused-ring (bicyclic) bond motifs is 1. The number of nitrogens with zero attached hydrogens (tertiary/aromatic N) is 6. The van der Waals surface area contributed by atoms with E-state index in [9.17, 15) is 8.42 Å². The van der Waals surface area contributed by atoms with Gasteiger partial charge in [-0.1, -0.05) is 35.9 Å². The van der Waals surface area contributed by atoms with Crippen LogP contribution in [-0.4, -0.2) is 63.3 Å². The lowest BCUT2D eigenvalue weighted by Crippen LogP contribution is -2.25. The van der Waals surface area contributed by atoms with E-state index in [2.05, 4.69) is 25.4 Å². The van der Waals surface area contributed by atoms with Crippen molar-refractivity contribution in [1.82, 2.24) is 28.7 Å². The molecule has 6 rings (SSSR count). The zero-order chi connectivity index (χ0) is 27.5. The van der Waals surface area contributed by atoms with Gasteiger partial charge in [-0.15, -0.1) is 5.10 Å². The molecule has 0 spiro atoms. The molecule has 10 nitrogen and oxygen atoms in total. The Labute approximate surface area is 233 Å². The molecule has 206 valence electrons. The Morgan fingerprint density at radius 2 is 1.75 bits per heavy atom. The van der Waals surface area contributed by atoms with Gasteiger partial charge in [-0.2, -0.15) is 14.2 Å². The molecule has 1 aliphatic heterocycles. The quantitative estimate of drug-likeness (QED) is 0.268. The first-order chi connectivity index (χ1) is 19.4.